The van der Waals surface area contributed by atoms with Crippen LogP contribution in [0.25, 0.3) is 0 Å². The Labute approximate surface area is 156 Å². The van der Waals surface area contributed by atoms with Crippen molar-refractivity contribution < 1.29 is 9.59 Å². The number of urea groups is 1. The lowest BCUT2D eigenvalue weighted by Crippen LogP contribution is -2.49. The number of anilines is 1. The molecule has 6 heteroatoms. The predicted octanol–water partition coefficient (Wildman–Crippen LogP) is 2.64. The molecule has 1 spiro atoms. The summed E-state index contributed by atoms with van der Waals surface area (Å²) >= 11 is 0. The van der Waals surface area contributed by atoms with Gasteiger partial charge < -0.3 is 10.2 Å². The summed E-state index contributed by atoms with van der Waals surface area (Å²) in [6, 6.07) is 8.08. The molecule has 0 radical (unpaired) electrons. The van der Waals surface area contributed by atoms with Crippen molar-refractivity contribution in [2.24, 2.45) is 5.92 Å². The SMILES string of the molecule is CC1CCC2(CC1)NC(=O)N(CN(C)Cc1ccc(N(C)C)cc1)C2=O. The van der Waals surface area contributed by atoms with E-state index in [0.717, 1.165) is 36.9 Å². The van der Waals surface area contributed by atoms with Crippen molar-refractivity contribution in [2.45, 2.75) is 44.7 Å². The van der Waals surface area contributed by atoms with Crippen LogP contribution in [-0.2, 0) is 11.3 Å². The minimum absolute atomic E-state index is 0.0517. The number of rotatable bonds is 5. The lowest BCUT2D eigenvalue weighted by molar-refractivity contribution is -0.134. The summed E-state index contributed by atoms with van der Waals surface area (Å²) in [4.78, 5) is 30.8. The standard InChI is InChI=1S/C20H30N4O2/c1-15-9-11-20(12-10-15)18(25)24(19(26)21-20)14-23(4)13-16-5-7-17(8-6-16)22(2)3/h5-8,15H,9-14H2,1-4H3,(H,21,26). The van der Waals surface area contributed by atoms with Crippen LogP contribution in [0.5, 0.6) is 0 Å². The Kier molecular flexibility index (Phi) is 5.23. The molecule has 1 saturated carbocycles. The molecule has 0 atom stereocenters. The zero-order valence-electron chi connectivity index (χ0n) is 16.3. The molecule has 1 aromatic carbocycles. The van der Waals surface area contributed by atoms with E-state index in [1.54, 1.807) is 0 Å². The second-order valence-corrected chi connectivity index (χ2v) is 8.14. The third kappa shape index (κ3) is 3.70. The first-order valence-corrected chi connectivity index (χ1v) is 9.40. The van der Waals surface area contributed by atoms with Gasteiger partial charge in [0.2, 0.25) is 0 Å². The third-order valence-electron chi connectivity index (χ3n) is 5.66. The number of carbonyl (C=O) groups excluding carboxylic acids is 2. The zero-order valence-corrected chi connectivity index (χ0v) is 16.3. The highest BCUT2D eigenvalue weighted by atomic mass is 16.2. The summed E-state index contributed by atoms with van der Waals surface area (Å²) in [5.74, 6) is 0.580. The van der Waals surface area contributed by atoms with Crippen molar-refractivity contribution in [2.75, 3.05) is 32.7 Å². The summed E-state index contributed by atoms with van der Waals surface area (Å²) in [7, 11) is 5.97. The first-order valence-electron chi connectivity index (χ1n) is 9.40. The lowest BCUT2D eigenvalue weighted by atomic mass is 9.77. The van der Waals surface area contributed by atoms with Crippen LogP contribution in [0.1, 0.15) is 38.2 Å². The molecule has 1 N–H and O–H groups in total. The van der Waals surface area contributed by atoms with Crippen molar-refractivity contribution in [1.82, 2.24) is 15.1 Å². The van der Waals surface area contributed by atoms with Crippen molar-refractivity contribution in [3.8, 4) is 0 Å². The van der Waals surface area contributed by atoms with Gasteiger partial charge in [-0.15, -0.1) is 0 Å². The highest BCUT2D eigenvalue weighted by Crippen LogP contribution is 2.36. The highest BCUT2D eigenvalue weighted by molar-refractivity contribution is 6.07. The smallest absolute Gasteiger partial charge is 0.326 e. The molecular formula is C20H30N4O2. The van der Waals surface area contributed by atoms with Gasteiger partial charge >= 0.3 is 6.03 Å². The molecule has 3 amide bonds. The fourth-order valence-electron chi connectivity index (χ4n) is 3.90. The fourth-order valence-corrected chi connectivity index (χ4v) is 3.90. The molecule has 0 aromatic heterocycles. The van der Waals surface area contributed by atoms with Gasteiger partial charge in [0.1, 0.15) is 5.54 Å². The molecular weight excluding hydrogens is 328 g/mol. The number of nitrogens with zero attached hydrogens (tertiary/aromatic N) is 3. The fraction of sp³-hybridized carbons (Fsp3) is 0.600. The normalized spacial score (nSPS) is 25.9. The molecule has 1 heterocycles. The van der Waals surface area contributed by atoms with Gasteiger partial charge in [-0.1, -0.05) is 19.1 Å². The monoisotopic (exact) mass is 358 g/mol. The van der Waals surface area contributed by atoms with Crippen molar-refractivity contribution in [1.29, 1.82) is 0 Å². The summed E-state index contributed by atoms with van der Waals surface area (Å²) < 4.78 is 0. The van der Waals surface area contributed by atoms with E-state index in [9.17, 15) is 9.59 Å². The molecule has 1 aromatic rings. The highest BCUT2D eigenvalue weighted by Gasteiger charge is 2.52. The van der Waals surface area contributed by atoms with Crippen LogP contribution in [0.3, 0.4) is 0 Å². The Balaban J connectivity index is 1.61. The van der Waals surface area contributed by atoms with Crippen molar-refractivity contribution in [3.63, 3.8) is 0 Å². The van der Waals surface area contributed by atoms with Gasteiger partial charge in [-0.05, 0) is 56.3 Å². The van der Waals surface area contributed by atoms with Gasteiger partial charge in [-0.25, -0.2) is 9.69 Å². The number of nitrogens with one attached hydrogen (secondary N) is 1. The summed E-state index contributed by atoms with van der Waals surface area (Å²) in [6.45, 7) is 3.22. The number of amides is 3. The van der Waals surface area contributed by atoms with E-state index in [4.69, 9.17) is 0 Å². The van der Waals surface area contributed by atoms with Crippen LogP contribution in [0.2, 0.25) is 0 Å². The van der Waals surface area contributed by atoms with E-state index in [1.165, 1.54) is 4.90 Å². The van der Waals surface area contributed by atoms with Gasteiger partial charge in [-0.2, -0.15) is 0 Å². The van der Waals surface area contributed by atoms with Crippen LogP contribution in [0.4, 0.5) is 10.5 Å². The molecule has 3 rings (SSSR count). The Hall–Kier alpha value is -2.08. The second kappa shape index (κ2) is 7.27. The largest absolute Gasteiger partial charge is 0.378 e. The van der Waals surface area contributed by atoms with E-state index in [1.807, 2.05) is 26.0 Å². The van der Waals surface area contributed by atoms with Gasteiger partial charge in [0, 0.05) is 26.3 Å². The zero-order chi connectivity index (χ0) is 18.9. The molecule has 1 aliphatic carbocycles. The molecule has 6 nitrogen and oxygen atoms in total. The summed E-state index contributed by atoms with van der Waals surface area (Å²) in [5, 5.41) is 2.98. The van der Waals surface area contributed by atoms with E-state index >= 15 is 0 Å². The van der Waals surface area contributed by atoms with Gasteiger partial charge in [0.25, 0.3) is 5.91 Å². The molecule has 26 heavy (non-hydrogen) atoms. The minimum Gasteiger partial charge on any atom is -0.378 e. The van der Waals surface area contributed by atoms with Crippen LogP contribution < -0.4 is 10.2 Å². The molecule has 0 bridgehead atoms. The number of imide groups is 1. The quantitative estimate of drug-likeness (QED) is 0.822. The molecule has 1 aliphatic heterocycles. The average molecular weight is 358 g/mol. The maximum atomic E-state index is 12.9. The number of benzene rings is 1. The lowest BCUT2D eigenvalue weighted by Gasteiger charge is -2.33. The maximum Gasteiger partial charge on any atom is 0.326 e. The summed E-state index contributed by atoms with van der Waals surface area (Å²) in [6.07, 6.45) is 3.50. The van der Waals surface area contributed by atoms with Crippen molar-refractivity contribution in [3.05, 3.63) is 29.8 Å². The Morgan fingerprint density at radius 2 is 1.73 bits per heavy atom. The van der Waals surface area contributed by atoms with Crippen LogP contribution in [-0.4, -0.2) is 55.1 Å². The molecule has 2 aliphatic rings. The number of hydrogen-bond donors (Lipinski definition) is 1. The number of carbonyl (C=O) groups is 2. The van der Waals surface area contributed by atoms with E-state index in [-0.39, 0.29) is 11.9 Å². The predicted molar refractivity (Wildman–Crippen MR) is 103 cm³/mol. The average Bonchev–Trinajstić information content (AvgIpc) is 2.82. The molecule has 0 unspecified atom stereocenters. The number of hydrogen-bond acceptors (Lipinski definition) is 4. The topological polar surface area (TPSA) is 55.9 Å². The first-order chi connectivity index (χ1) is 12.3. The van der Waals surface area contributed by atoms with E-state index < -0.39 is 5.54 Å². The molecule has 2 fully saturated rings. The van der Waals surface area contributed by atoms with Crippen LogP contribution in [0, 0.1) is 5.92 Å². The van der Waals surface area contributed by atoms with Gasteiger partial charge in [0.15, 0.2) is 0 Å². The van der Waals surface area contributed by atoms with Crippen LogP contribution >= 0.6 is 0 Å². The molecule has 1 saturated heterocycles. The van der Waals surface area contributed by atoms with E-state index in [0.29, 0.717) is 19.1 Å². The minimum atomic E-state index is -0.655. The van der Waals surface area contributed by atoms with Gasteiger partial charge in [-0.3, -0.25) is 9.69 Å². The van der Waals surface area contributed by atoms with Crippen LogP contribution in [0.15, 0.2) is 24.3 Å². The Bertz CT molecular complexity index is 663. The van der Waals surface area contributed by atoms with Gasteiger partial charge in [0.05, 0.1) is 6.67 Å². The molecule has 142 valence electrons. The maximum absolute atomic E-state index is 12.9. The van der Waals surface area contributed by atoms with Crippen molar-refractivity contribution >= 4 is 17.6 Å². The third-order valence-corrected chi connectivity index (χ3v) is 5.66. The first kappa shape index (κ1) is 18.7. The Morgan fingerprint density at radius 1 is 1.12 bits per heavy atom. The second-order valence-electron chi connectivity index (χ2n) is 8.14. The summed E-state index contributed by atoms with van der Waals surface area (Å²) in [5.41, 5.74) is 1.66. The van der Waals surface area contributed by atoms with E-state index in [2.05, 4.69) is 41.4 Å². The Morgan fingerprint density at radius 3 is 2.31 bits per heavy atom.